The number of aromatic amines is 1. The number of aryl methyl sites for hydroxylation is 1. The molecule has 0 fully saturated rings. The van der Waals surface area contributed by atoms with Gasteiger partial charge in [-0.25, -0.2) is 4.68 Å². The average Bonchev–Trinajstić information content (AvgIpc) is 3.19. The first-order chi connectivity index (χ1) is 14.7. The molecule has 3 rings (SSSR count). The molecule has 1 aromatic carbocycles. The second-order valence-electron chi connectivity index (χ2n) is 9.21. The van der Waals surface area contributed by atoms with Crippen molar-refractivity contribution in [2.45, 2.75) is 66.1 Å². The highest BCUT2D eigenvalue weighted by atomic mass is 16.3. The first-order valence-electron chi connectivity index (χ1n) is 10.9. The van der Waals surface area contributed by atoms with E-state index in [1.165, 1.54) is 0 Å². The summed E-state index contributed by atoms with van der Waals surface area (Å²) >= 11 is 0. The smallest absolute Gasteiger partial charge is 0.252 e. The maximum absolute atomic E-state index is 12.8. The van der Waals surface area contributed by atoms with Crippen LogP contribution in [0.1, 0.15) is 64.0 Å². The summed E-state index contributed by atoms with van der Waals surface area (Å²) in [7, 11) is 0. The molecule has 0 bridgehead atoms. The maximum Gasteiger partial charge on any atom is 0.252 e. The van der Waals surface area contributed by atoms with Crippen molar-refractivity contribution in [1.82, 2.24) is 30.1 Å². The number of hydrogen-bond donors (Lipinski definition) is 2. The molecule has 0 aliphatic carbocycles. The molecule has 0 saturated carbocycles. The van der Waals surface area contributed by atoms with Crippen LogP contribution < -0.4 is 5.56 Å². The third-order valence-electron chi connectivity index (χ3n) is 6.06. The fraction of sp³-hybridized carbons (Fsp3) is 0.565. The zero-order chi connectivity index (χ0) is 22.8. The molecule has 2 heterocycles. The van der Waals surface area contributed by atoms with Gasteiger partial charge in [-0.2, -0.15) is 0 Å². The SMILES string of the molecule is CCC(C)(C)n1nnnc1[C@@H](C(C)C)N(CCO)Cc1cc2ccc(C)cc2[nH]c1=O. The minimum absolute atomic E-state index is 0.0212. The van der Waals surface area contributed by atoms with Crippen molar-refractivity contribution in [2.75, 3.05) is 13.2 Å². The Hall–Kier alpha value is -2.58. The number of fused-ring (bicyclic) bond motifs is 1. The zero-order valence-electron chi connectivity index (χ0n) is 19.4. The van der Waals surface area contributed by atoms with Gasteiger partial charge in [0.05, 0.1) is 18.2 Å². The minimum atomic E-state index is -0.241. The van der Waals surface area contributed by atoms with Crippen molar-refractivity contribution in [3.63, 3.8) is 0 Å². The second-order valence-corrected chi connectivity index (χ2v) is 9.21. The number of H-pyrrole nitrogens is 1. The molecule has 31 heavy (non-hydrogen) atoms. The van der Waals surface area contributed by atoms with Crippen molar-refractivity contribution < 1.29 is 5.11 Å². The van der Waals surface area contributed by atoms with Gasteiger partial charge in [-0.1, -0.05) is 32.9 Å². The molecule has 168 valence electrons. The monoisotopic (exact) mass is 426 g/mol. The van der Waals surface area contributed by atoms with Gasteiger partial charge in [-0.05, 0) is 66.6 Å². The summed E-state index contributed by atoms with van der Waals surface area (Å²) in [5, 5.41) is 23.4. The molecular weight excluding hydrogens is 392 g/mol. The van der Waals surface area contributed by atoms with Crippen molar-refractivity contribution in [3.05, 3.63) is 51.6 Å². The van der Waals surface area contributed by atoms with E-state index in [4.69, 9.17) is 0 Å². The average molecular weight is 427 g/mol. The lowest BCUT2D eigenvalue weighted by molar-refractivity contribution is 0.0999. The van der Waals surface area contributed by atoms with Crippen molar-refractivity contribution in [3.8, 4) is 0 Å². The molecule has 0 radical (unpaired) electrons. The fourth-order valence-corrected chi connectivity index (χ4v) is 3.98. The normalized spacial score (nSPS) is 13.5. The van der Waals surface area contributed by atoms with Crippen molar-refractivity contribution in [2.24, 2.45) is 5.92 Å². The van der Waals surface area contributed by atoms with Crippen molar-refractivity contribution in [1.29, 1.82) is 0 Å². The Bertz CT molecular complexity index is 1090. The molecule has 0 aliphatic heterocycles. The molecule has 0 saturated heterocycles. The summed E-state index contributed by atoms with van der Waals surface area (Å²) in [6, 6.07) is 7.82. The number of aliphatic hydroxyl groups excluding tert-OH is 1. The number of benzene rings is 1. The summed E-state index contributed by atoms with van der Waals surface area (Å²) in [6.07, 6.45) is 0.875. The van der Waals surface area contributed by atoms with E-state index in [0.717, 1.165) is 28.7 Å². The summed E-state index contributed by atoms with van der Waals surface area (Å²) < 4.78 is 1.88. The lowest BCUT2D eigenvalue weighted by Gasteiger charge is -2.35. The van der Waals surface area contributed by atoms with E-state index < -0.39 is 0 Å². The molecule has 0 aliphatic rings. The maximum atomic E-state index is 12.8. The number of hydrogen-bond acceptors (Lipinski definition) is 6. The van der Waals surface area contributed by atoms with Crippen LogP contribution in [0.5, 0.6) is 0 Å². The Morgan fingerprint density at radius 2 is 2.00 bits per heavy atom. The second kappa shape index (κ2) is 9.28. The third kappa shape index (κ3) is 4.85. The van der Waals surface area contributed by atoms with Gasteiger partial charge >= 0.3 is 0 Å². The Labute approximate surface area is 183 Å². The van der Waals surface area contributed by atoms with E-state index >= 15 is 0 Å². The Morgan fingerprint density at radius 1 is 1.26 bits per heavy atom. The predicted molar refractivity (Wildman–Crippen MR) is 122 cm³/mol. The van der Waals surface area contributed by atoms with Gasteiger partial charge in [0.15, 0.2) is 5.82 Å². The van der Waals surface area contributed by atoms with Gasteiger partial charge in [-0.3, -0.25) is 9.69 Å². The van der Waals surface area contributed by atoms with Gasteiger partial charge < -0.3 is 10.1 Å². The van der Waals surface area contributed by atoms with Gasteiger partial charge in [-0.15, -0.1) is 5.10 Å². The molecule has 8 heteroatoms. The van der Waals surface area contributed by atoms with Crippen LogP contribution in [0.25, 0.3) is 10.9 Å². The van der Waals surface area contributed by atoms with E-state index in [2.05, 4.69) is 60.0 Å². The van der Waals surface area contributed by atoms with Crippen LogP contribution in [0.2, 0.25) is 0 Å². The predicted octanol–water partition coefficient (Wildman–Crippen LogP) is 3.16. The first-order valence-corrected chi connectivity index (χ1v) is 10.9. The molecule has 2 N–H and O–H groups in total. The molecule has 0 unspecified atom stereocenters. The van der Waals surface area contributed by atoms with Crippen LogP contribution in [0.3, 0.4) is 0 Å². The van der Waals surface area contributed by atoms with E-state index in [1.807, 2.05) is 35.9 Å². The van der Waals surface area contributed by atoms with E-state index in [9.17, 15) is 9.90 Å². The van der Waals surface area contributed by atoms with Crippen LogP contribution in [-0.2, 0) is 12.1 Å². The summed E-state index contributed by atoms with van der Waals surface area (Å²) in [5.74, 6) is 0.925. The zero-order valence-corrected chi connectivity index (χ0v) is 19.4. The third-order valence-corrected chi connectivity index (χ3v) is 6.06. The molecule has 3 aromatic rings. The topological polar surface area (TPSA) is 99.9 Å². The van der Waals surface area contributed by atoms with Gasteiger partial charge in [0.25, 0.3) is 5.56 Å². The number of aliphatic hydroxyl groups is 1. The number of tetrazole rings is 1. The van der Waals surface area contributed by atoms with E-state index in [1.54, 1.807) is 0 Å². The lowest BCUT2D eigenvalue weighted by atomic mass is 9.97. The van der Waals surface area contributed by atoms with Crippen LogP contribution in [-0.4, -0.2) is 48.3 Å². The lowest BCUT2D eigenvalue weighted by Crippen LogP contribution is -2.39. The standard InChI is InChI=1S/C23H34N6O2/c1-7-23(5,6)29-21(25-26-27-29)20(15(2)3)28(10-11-30)14-18-13-17-9-8-16(4)12-19(17)24-22(18)31/h8-9,12-13,15,20,30H,7,10-11,14H2,1-6H3,(H,24,31)/t20-/m1/s1. The van der Waals surface area contributed by atoms with E-state index in [0.29, 0.717) is 18.7 Å². The molecular formula is C23H34N6O2. The molecule has 8 nitrogen and oxygen atoms in total. The number of aromatic nitrogens is 5. The highest BCUT2D eigenvalue weighted by molar-refractivity contribution is 5.79. The minimum Gasteiger partial charge on any atom is -0.395 e. The van der Waals surface area contributed by atoms with Gasteiger partial charge in [0.1, 0.15) is 0 Å². The molecule has 0 spiro atoms. The summed E-state index contributed by atoms with van der Waals surface area (Å²) in [4.78, 5) is 17.9. The highest BCUT2D eigenvalue weighted by Gasteiger charge is 2.33. The molecule has 0 amide bonds. The Morgan fingerprint density at radius 3 is 2.65 bits per heavy atom. The van der Waals surface area contributed by atoms with Crippen LogP contribution in [0, 0.1) is 12.8 Å². The molecule has 1 atom stereocenters. The number of pyridine rings is 1. The number of rotatable bonds is 9. The Kier molecular flexibility index (Phi) is 6.91. The largest absolute Gasteiger partial charge is 0.395 e. The van der Waals surface area contributed by atoms with Gasteiger partial charge in [0, 0.05) is 24.2 Å². The highest BCUT2D eigenvalue weighted by Crippen LogP contribution is 2.31. The van der Waals surface area contributed by atoms with Crippen LogP contribution in [0.15, 0.2) is 29.1 Å². The Balaban J connectivity index is 2.03. The van der Waals surface area contributed by atoms with Crippen LogP contribution in [0.4, 0.5) is 0 Å². The van der Waals surface area contributed by atoms with Crippen molar-refractivity contribution >= 4 is 10.9 Å². The van der Waals surface area contributed by atoms with E-state index in [-0.39, 0.29) is 29.7 Å². The van der Waals surface area contributed by atoms with Crippen LogP contribution >= 0.6 is 0 Å². The number of nitrogens with one attached hydrogen (secondary N) is 1. The fourth-order valence-electron chi connectivity index (χ4n) is 3.98. The number of nitrogens with zero attached hydrogens (tertiary/aromatic N) is 5. The first kappa shape index (κ1) is 23.1. The molecule has 2 aromatic heterocycles. The van der Waals surface area contributed by atoms with Gasteiger partial charge in [0.2, 0.25) is 0 Å². The quantitative estimate of drug-likeness (QED) is 0.545. The summed E-state index contributed by atoms with van der Waals surface area (Å²) in [5.41, 5.74) is 2.23. The summed E-state index contributed by atoms with van der Waals surface area (Å²) in [6.45, 7) is 13.3.